The monoisotopic (exact) mass is 399 g/mol. The van der Waals surface area contributed by atoms with Gasteiger partial charge in [0.2, 0.25) is 0 Å². The van der Waals surface area contributed by atoms with Crippen LogP contribution >= 0.6 is 23.2 Å². The summed E-state index contributed by atoms with van der Waals surface area (Å²) in [5.74, 6) is 0.861. The van der Waals surface area contributed by atoms with Gasteiger partial charge in [0.15, 0.2) is 5.96 Å². The van der Waals surface area contributed by atoms with Crippen molar-refractivity contribution in [1.29, 1.82) is 0 Å². The van der Waals surface area contributed by atoms with Gasteiger partial charge in [-0.2, -0.15) is 0 Å². The Labute approximate surface area is 167 Å². The lowest BCUT2D eigenvalue weighted by molar-refractivity contribution is 0.139. The lowest BCUT2D eigenvalue weighted by Gasteiger charge is -2.34. The van der Waals surface area contributed by atoms with Crippen molar-refractivity contribution in [2.24, 2.45) is 4.99 Å². The summed E-state index contributed by atoms with van der Waals surface area (Å²) in [6.07, 6.45) is 1.91. The predicted molar refractivity (Wildman–Crippen MR) is 113 cm³/mol. The Morgan fingerprint density at radius 2 is 1.77 bits per heavy atom. The van der Waals surface area contributed by atoms with Crippen LogP contribution in [0.3, 0.4) is 0 Å². The fourth-order valence-corrected chi connectivity index (χ4v) is 3.60. The van der Waals surface area contributed by atoms with Crippen LogP contribution in [-0.4, -0.2) is 75.2 Å². The maximum atomic E-state index is 6.21. The summed E-state index contributed by atoms with van der Waals surface area (Å²) in [6.45, 7) is 10.9. The third-order valence-corrected chi connectivity index (χ3v) is 5.37. The fourth-order valence-electron chi connectivity index (χ4n) is 3.09. The second-order valence-corrected chi connectivity index (χ2v) is 7.38. The first-order valence-electron chi connectivity index (χ1n) is 9.45. The standard InChI is InChI=1S/C19H31Cl2N5/c1-3-25-11-13-26(14-12-25)10-9-24-19(22-2)23-8-4-5-16-6-7-17(20)15-18(16)21/h6-7,15H,3-5,8-14H2,1-2H3,(H2,22,23,24). The van der Waals surface area contributed by atoms with Crippen molar-refractivity contribution in [3.63, 3.8) is 0 Å². The predicted octanol–water partition coefficient (Wildman–Crippen LogP) is 2.73. The molecule has 26 heavy (non-hydrogen) atoms. The number of aliphatic imine (C=N–C) groups is 1. The molecule has 5 nitrogen and oxygen atoms in total. The maximum Gasteiger partial charge on any atom is 0.191 e. The van der Waals surface area contributed by atoms with Crippen LogP contribution in [0.15, 0.2) is 23.2 Å². The lowest BCUT2D eigenvalue weighted by Crippen LogP contribution is -2.49. The highest BCUT2D eigenvalue weighted by molar-refractivity contribution is 6.35. The third kappa shape index (κ3) is 7.31. The van der Waals surface area contributed by atoms with E-state index in [4.69, 9.17) is 23.2 Å². The molecule has 0 aliphatic carbocycles. The average molecular weight is 400 g/mol. The Bertz CT molecular complexity index is 571. The van der Waals surface area contributed by atoms with Crippen molar-refractivity contribution in [2.75, 3.05) is 59.4 Å². The fraction of sp³-hybridized carbons (Fsp3) is 0.632. The van der Waals surface area contributed by atoms with Gasteiger partial charge < -0.3 is 15.5 Å². The van der Waals surface area contributed by atoms with E-state index in [9.17, 15) is 0 Å². The summed E-state index contributed by atoms with van der Waals surface area (Å²) in [5.41, 5.74) is 1.13. The van der Waals surface area contributed by atoms with E-state index in [1.165, 1.54) is 13.1 Å². The zero-order chi connectivity index (χ0) is 18.8. The summed E-state index contributed by atoms with van der Waals surface area (Å²) in [7, 11) is 1.81. The van der Waals surface area contributed by atoms with Gasteiger partial charge in [0.1, 0.15) is 0 Å². The number of nitrogens with one attached hydrogen (secondary N) is 2. The molecule has 1 fully saturated rings. The number of hydrogen-bond acceptors (Lipinski definition) is 3. The van der Waals surface area contributed by atoms with Crippen LogP contribution in [-0.2, 0) is 6.42 Å². The molecule has 0 spiro atoms. The third-order valence-electron chi connectivity index (χ3n) is 4.79. The van der Waals surface area contributed by atoms with Crippen LogP contribution in [0.25, 0.3) is 0 Å². The molecule has 7 heteroatoms. The minimum absolute atomic E-state index is 0.678. The summed E-state index contributed by atoms with van der Waals surface area (Å²) >= 11 is 12.1. The number of benzene rings is 1. The molecule has 2 N–H and O–H groups in total. The van der Waals surface area contributed by atoms with E-state index >= 15 is 0 Å². The van der Waals surface area contributed by atoms with E-state index in [0.29, 0.717) is 5.02 Å². The molecular formula is C19H31Cl2N5. The molecule has 1 aromatic carbocycles. The summed E-state index contributed by atoms with van der Waals surface area (Å²) < 4.78 is 0. The van der Waals surface area contributed by atoms with E-state index in [1.807, 2.05) is 19.2 Å². The highest BCUT2D eigenvalue weighted by atomic mass is 35.5. The van der Waals surface area contributed by atoms with Crippen molar-refractivity contribution in [2.45, 2.75) is 19.8 Å². The van der Waals surface area contributed by atoms with Gasteiger partial charge in [-0.3, -0.25) is 9.89 Å². The first-order valence-corrected chi connectivity index (χ1v) is 10.2. The molecule has 0 atom stereocenters. The number of likely N-dealkylation sites (N-methyl/N-ethyl adjacent to an activating group) is 1. The Morgan fingerprint density at radius 3 is 2.42 bits per heavy atom. The first kappa shape index (κ1) is 21.3. The van der Waals surface area contributed by atoms with E-state index < -0.39 is 0 Å². The van der Waals surface area contributed by atoms with Crippen LogP contribution < -0.4 is 10.6 Å². The molecule has 0 aromatic heterocycles. The van der Waals surface area contributed by atoms with Gasteiger partial charge in [-0.1, -0.05) is 36.2 Å². The van der Waals surface area contributed by atoms with Crippen molar-refractivity contribution in [3.05, 3.63) is 33.8 Å². The van der Waals surface area contributed by atoms with Crippen LogP contribution in [0.1, 0.15) is 18.9 Å². The largest absolute Gasteiger partial charge is 0.356 e. The van der Waals surface area contributed by atoms with Crippen molar-refractivity contribution in [3.8, 4) is 0 Å². The molecule has 1 heterocycles. The molecule has 1 saturated heterocycles. The SMILES string of the molecule is CCN1CCN(CCNC(=NC)NCCCc2ccc(Cl)cc2Cl)CC1. The van der Waals surface area contributed by atoms with Gasteiger partial charge in [-0.15, -0.1) is 0 Å². The highest BCUT2D eigenvalue weighted by Crippen LogP contribution is 2.21. The Kier molecular flexibility index (Phi) is 9.54. The Morgan fingerprint density at radius 1 is 1.08 bits per heavy atom. The number of piperazine rings is 1. The summed E-state index contributed by atoms with van der Waals surface area (Å²) in [6, 6.07) is 5.68. The number of aryl methyl sites for hydroxylation is 1. The number of hydrogen-bond donors (Lipinski definition) is 2. The molecule has 0 amide bonds. The van der Waals surface area contributed by atoms with E-state index in [2.05, 4.69) is 32.3 Å². The molecule has 0 saturated carbocycles. The van der Waals surface area contributed by atoms with Gasteiger partial charge >= 0.3 is 0 Å². The van der Waals surface area contributed by atoms with Crippen LogP contribution in [0, 0.1) is 0 Å². The van der Waals surface area contributed by atoms with Gasteiger partial charge in [0.25, 0.3) is 0 Å². The molecule has 0 bridgehead atoms. The average Bonchev–Trinajstić information content (AvgIpc) is 2.65. The molecule has 2 rings (SSSR count). The van der Waals surface area contributed by atoms with Gasteiger partial charge in [-0.05, 0) is 37.1 Å². The lowest BCUT2D eigenvalue weighted by atomic mass is 10.1. The minimum atomic E-state index is 0.678. The van der Waals surface area contributed by atoms with Crippen molar-refractivity contribution < 1.29 is 0 Å². The number of nitrogens with zero attached hydrogens (tertiary/aromatic N) is 3. The molecule has 0 unspecified atom stereocenters. The molecular weight excluding hydrogens is 369 g/mol. The van der Waals surface area contributed by atoms with Gasteiger partial charge in [-0.25, -0.2) is 0 Å². The summed E-state index contributed by atoms with van der Waals surface area (Å²) in [5, 5.41) is 8.18. The van der Waals surface area contributed by atoms with E-state index in [1.54, 1.807) is 6.07 Å². The second-order valence-electron chi connectivity index (χ2n) is 6.54. The van der Waals surface area contributed by atoms with Crippen LogP contribution in [0.4, 0.5) is 0 Å². The molecule has 146 valence electrons. The van der Waals surface area contributed by atoms with E-state index in [-0.39, 0.29) is 0 Å². The zero-order valence-corrected chi connectivity index (χ0v) is 17.4. The molecule has 0 radical (unpaired) electrons. The van der Waals surface area contributed by atoms with Gasteiger partial charge in [0, 0.05) is 62.9 Å². The molecule has 1 aromatic rings. The minimum Gasteiger partial charge on any atom is -0.356 e. The normalized spacial score (nSPS) is 16.7. The van der Waals surface area contributed by atoms with Crippen molar-refractivity contribution >= 4 is 29.2 Å². The Balaban J connectivity index is 1.59. The maximum absolute atomic E-state index is 6.21. The van der Waals surface area contributed by atoms with Gasteiger partial charge in [0.05, 0.1) is 0 Å². The van der Waals surface area contributed by atoms with Crippen molar-refractivity contribution in [1.82, 2.24) is 20.4 Å². The summed E-state index contributed by atoms with van der Waals surface area (Å²) in [4.78, 5) is 9.30. The highest BCUT2D eigenvalue weighted by Gasteiger charge is 2.14. The first-order chi connectivity index (χ1) is 12.6. The topological polar surface area (TPSA) is 42.9 Å². The number of guanidine groups is 1. The zero-order valence-electron chi connectivity index (χ0n) is 15.9. The van der Waals surface area contributed by atoms with Crippen LogP contribution in [0.5, 0.6) is 0 Å². The molecule has 1 aliphatic rings. The van der Waals surface area contributed by atoms with E-state index in [0.717, 1.165) is 68.7 Å². The van der Waals surface area contributed by atoms with Crippen LogP contribution in [0.2, 0.25) is 10.0 Å². The Hall–Kier alpha value is -1.01. The smallest absolute Gasteiger partial charge is 0.191 e. The number of rotatable bonds is 8. The number of halogens is 2. The second kappa shape index (κ2) is 11.7. The quantitative estimate of drug-likeness (QED) is 0.400. The molecule has 1 aliphatic heterocycles.